The molecule has 2 heterocycles. The number of aromatic nitrogens is 2. The summed E-state index contributed by atoms with van der Waals surface area (Å²) in [6.07, 6.45) is 3.71. The Bertz CT molecular complexity index is 1150. The summed E-state index contributed by atoms with van der Waals surface area (Å²) in [7, 11) is 0. The summed E-state index contributed by atoms with van der Waals surface area (Å²) >= 11 is 1.37. The maximum Gasteiger partial charge on any atom is 0.256 e. The molecule has 29 heavy (non-hydrogen) atoms. The van der Waals surface area contributed by atoms with Crippen LogP contribution in [0.1, 0.15) is 37.0 Å². The molecule has 0 saturated carbocycles. The van der Waals surface area contributed by atoms with E-state index in [1.54, 1.807) is 36.5 Å². The molecule has 0 aliphatic rings. The predicted octanol–water partition coefficient (Wildman–Crippen LogP) is 4.78. The molecule has 0 bridgehead atoms. The molecule has 1 N–H and O–H groups in total. The van der Waals surface area contributed by atoms with Crippen LogP contribution in [0.3, 0.4) is 0 Å². The van der Waals surface area contributed by atoms with E-state index in [9.17, 15) is 9.59 Å². The maximum absolute atomic E-state index is 12.8. The average molecular weight is 401 g/mol. The number of ketones is 1. The van der Waals surface area contributed by atoms with E-state index in [2.05, 4.69) is 14.9 Å². The average Bonchev–Trinajstić information content (AvgIpc) is 3.41. The van der Waals surface area contributed by atoms with Crippen molar-refractivity contribution < 1.29 is 9.59 Å². The largest absolute Gasteiger partial charge is 0.331 e. The Morgan fingerprint density at radius 3 is 2.41 bits per heavy atom. The van der Waals surface area contributed by atoms with E-state index >= 15 is 0 Å². The van der Waals surface area contributed by atoms with Crippen LogP contribution in [0.5, 0.6) is 0 Å². The standard InChI is InChI=1S/C23H19N3O2S/c1-16-24-12-13-26(16)15-17-8-10-18(11-9-17)25-23(28)20-6-3-2-5-19(20)22(27)21-7-4-14-29-21/h2-14H,15H2,1H3,(H,25,28). The van der Waals surface area contributed by atoms with Gasteiger partial charge in [-0.3, -0.25) is 9.59 Å². The molecule has 4 rings (SSSR count). The van der Waals surface area contributed by atoms with Crippen molar-refractivity contribution in [2.24, 2.45) is 0 Å². The second-order valence-corrected chi connectivity index (χ2v) is 7.55. The minimum Gasteiger partial charge on any atom is -0.331 e. The topological polar surface area (TPSA) is 64.0 Å². The molecule has 0 radical (unpaired) electrons. The second kappa shape index (κ2) is 8.24. The summed E-state index contributed by atoms with van der Waals surface area (Å²) in [5, 5.41) is 4.74. The van der Waals surface area contributed by atoms with Crippen molar-refractivity contribution >= 4 is 28.7 Å². The third kappa shape index (κ3) is 4.17. The summed E-state index contributed by atoms with van der Waals surface area (Å²) in [6.45, 7) is 2.68. The number of thiophene rings is 1. The van der Waals surface area contributed by atoms with Crippen molar-refractivity contribution in [3.8, 4) is 0 Å². The molecule has 4 aromatic rings. The molecular formula is C23H19N3O2S. The van der Waals surface area contributed by atoms with Crippen molar-refractivity contribution in [2.45, 2.75) is 13.5 Å². The number of nitrogens with one attached hydrogen (secondary N) is 1. The van der Waals surface area contributed by atoms with Gasteiger partial charge >= 0.3 is 0 Å². The lowest BCUT2D eigenvalue weighted by atomic mass is 10.0. The van der Waals surface area contributed by atoms with Gasteiger partial charge in [-0.15, -0.1) is 11.3 Å². The lowest BCUT2D eigenvalue weighted by molar-refractivity contribution is 0.0998. The van der Waals surface area contributed by atoms with Crippen LogP contribution < -0.4 is 5.32 Å². The number of amides is 1. The van der Waals surface area contributed by atoms with Gasteiger partial charge < -0.3 is 9.88 Å². The number of carbonyl (C=O) groups excluding carboxylic acids is 2. The van der Waals surface area contributed by atoms with Crippen molar-refractivity contribution in [1.29, 1.82) is 0 Å². The van der Waals surface area contributed by atoms with E-state index in [4.69, 9.17) is 0 Å². The van der Waals surface area contributed by atoms with Crippen LogP contribution in [0.4, 0.5) is 5.69 Å². The van der Waals surface area contributed by atoms with Gasteiger partial charge in [-0.1, -0.05) is 36.4 Å². The van der Waals surface area contributed by atoms with Gasteiger partial charge in [0, 0.05) is 30.2 Å². The molecular weight excluding hydrogens is 382 g/mol. The summed E-state index contributed by atoms with van der Waals surface area (Å²) in [6, 6.07) is 18.2. The minimum absolute atomic E-state index is 0.142. The Kier molecular flexibility index (Phi) is 5.35. The van der Waals surface area contributed by atoms with Crippen molar-refractivity contribution in [3.63, 3.8) is 0 Å². The number of anilines is 1. The van der Waals surface area contributed by atoms with E-state index in [0.29, 0.717) is 21.7 Å². The van der Waals surface area contributed by atoms with E-state index in [1.165, 1.54) is 11.3 Å². The number of nitrogens with zero attached hydrogens (tertiary/aromatic N) is 2. The van der Waals surface area contributed by atoms with E-state index in [0.717, 1.165) is 17.9 Å². The first-order valence-corrected chi connectivity index (χ1v) is 10.0. The zero-order chi connectivity index (χ0) is 20.2. The van der Waals surface area contributed by atoms with Gasteiger partial charge in [0.2, 0.25) is 5.78 Å². The molecule has 144 valence electrons. The Balaban J connectivity index is 1.50. The predicted molar refractivity (Wildman–Crippen MR) is 115 cm³/mol. The van der Waals surface area contributed by atoms with Gasteiger partial charge in [-0.25, -0.2) is 4.98 Å². The highest BCUT2D eigenvalue weighted by Gasteiger charge is 2.18. The molecule has 1 amide bonds. The molecule has 2 aromatic carbocycles. The molecule has 0 atom stereocenters. The van der Waals surface area contributed by atoms with Crippen LogP contribution in [0.25, 0.3) is 0 Å². The first-order chi connectivity index (χ1) is 14.1. The summed E-state index contributed by atoms with van der Waals surface area (Å²) < 4.78 is 2.06. The molecule has 0 fully saturated rings. The van der Waals surface area contributed by atoms with E-state index < -0.39 is 0 Å². The molecule has 0 aliphatic heterocycles. The van der Waals surface area contributed by atoms with E-state index in [1.807, 2.05) is 48.8 Å². The lowest BCUT2D eigenvalue weighted by Crippen LogP contribution is -2.16. The van der Waals surface area contributed by atoms with Crippen LogP contribution >= 0.6 is 11.3 Å². The Morgan fingerprint density at radius 1 is 1.00 bits per heavy atom. The molecule has 0 unspecified atom stereocenters. The number of rotatable bonds is 6. The smallest absolute Gasteiger partial charge is 0.256 e. The van der Waals surface area contributed by atoms with Gasteiger partial charge in [0.15, 0.2) is 0 Å². The summed E-state index contributed by atoms with van der Waals surface area (Å²) in [4.78, 5) is 30.4. The third-order valence-electron chi connectivity index (χ3n) is 4.65. The van der Waals surface area contributed by atoms with Crippen LogP contribution in [0.2, 0.25) is 0 Å². The van der Waals surface area contributed by atoms with Crippen LogP contribution in [0, 0.1) is 6.92 Å². The normalized spacial score (nSPS) is 10.7. The quantitative estimate of drug-likeness (QED) is 0.473. The third-order valence-corrected chi connectivity index (χ3v) is 5.52. The fourth-order valence-corrected chi connectivity index (χ4v) is 3.76. The van der Waals surface area contributed by atoms with Crippen molar-refractivity contribution in [1.82, 2.24) is 9.55 Å². The number of hydrogen-bond acceptors (Lipinski definition) is 4. The highest BCUT2D eigenvalue weighted by molar-refractivity contribution is 7.12. The van der Waals surface area contributed by atoms with Gasteiger partial charge in [-0.2, -0.15) is 0 Å². The van der Waals surface area contributed by atoms with Crippen LogP contribution in [-0.2, 0) is 6.54 Å². The zero-order valence-electron chi connectivity index (χ0n) is 15.8. The van der Waals surface area contributed by atoms with Gasteiger partial charge in [0.05, 0.1) is 10.4 Å². The number of aryl methyl sites for hydroxylation is 1. The van der Waals surface area contributed by atoms with Crippen molar-refractivity contribution in [3.05, 3.63) is 106 Å². The highest BCUT2D eigenvalue weighted by Crippen LogP contribution is 2.20. The first-order valence-electron chi connectivity index (χ1n) is 9.17. The number of carbonyl (C=O) groups is 2. The molecule has 5 nitrogen and oxygen atoms in total. The molecule has 6 heteroatoms. The minimum atomic E-state index is -0.302. The van der Waals surface area contributed by atoms with Gasteiger partial charge in [0.25, 0.3) is 5.91 Å². The molecule has 0 saturated heterocycles. The van der Waals surface area contributed by atoms with Crippen LogP contribution in [0.15, 0.2) is 78.4 Å². The number of hydrogen-bond donors (Lipinski definition) is 1. The fraction of sp³-hybridized carbons (Fsp3) is 0.0870. The number of benzene rings is 2. The summed E-state index contributed by atoms with van der Waals surface area (Å²) in [5.74, 6) is 0.509. The number of imidazole rings is 1. The molecule has 0 spiro atoms. The Labute approximate surface area is 172 Å². The SMILES string of the molecule is Cc1nccn1Cc1ccc(NC(=O)c2ccccc2C(=O)c2cccs2)cc1. The molecule has 0 aliphatic carbocycles. The highest BCUT2D eigenvalue weighted by atomic mass is 32.1. The van der Waals surface area contributed by atoms with Gasteiger partial charge in [-0.05, 0) is 42.1 Å². The summed E-state index contributed by atoms with van der Waals surface area (Å²) in [5.41, 5.74) is 2.56. The monoisotopic (exact) mass is 401 g/mol. The molecule has 2 aromatic heterocycles. The zero-order valence-corrected chi connectivity index (χ0v) is 16.6. The Morgan fingerprint density at radius 2 is 1.76 bits per heavy atom. The maximum atomic E-state index is 12.8. The van der Waals surface area contributed by atoms with Gasteiger partial charge in [0.1, 0.15) is 5.82 Å². The fourth-order valence-electron chi connectivity index (χ4n) is 3.08. The van der Waals surface area contributed by atoms with Crippen LogP contribution in [-0.4, -0.2) is 21.2 Å². The van der Waals surface area contributed by atoms with Crippen molar-refractivity contribution in [2.75, 3.05) is 5.32 Å². The Hall–Kier alpha value is -3.51. The van der Waals surface area contributed by atoms with E-state index in [-0.39, 0.29) is 11.7 Å². The lowest BCUT2D eigenvalue weighted by Gasteiger charge is -2.10. The first kappa shape index (κ1) is 18.8. The second-order valence-electron chi connectivity index (χ2n) is 6.61.